The van der Waals surface area contributed by atoms with E-state index in [0.29, 0.717) is 50.1 Å². The van der Waals surface area contributed by atoms with E-state index in [4.69, 9.17) is 14.9 Å². The van der Waals surface area contributed by atoms with Crippen molar-refractivity contribution in [2.75, 3.05) is 26.2 Å². The topological polar surface area (TPSA) is 174 Å². The van der Waals surface area contributed by atoms with E-state index in [2.05, 4.69) is 22.5 Å². The monoisotopic (exact) mass is 644 g/mol. The van der Waals surface area contributed by atoms with Crippen LogP contribution >= 0.6 is 0 Å². The van der Waals surface area contributed by atoms with Crippen molar-refractivity contribution < 1.29 is 38.9 Å². The van der Waals surface area contributed by atoms with Gasteiger partial charge in [0.2, 0.25) is 23.5 Å². The average molecular weight is 645 g/mol. The average Bonchev–Trinajstić information content (AvgIpc) is 3.56. The second-order valence-electron chi connectivity index (χ2n) is 11.7. The smallest absolute Gasteiger partial charge is 0.289 e. The van der Waals surface area contributed by atoms with Crippen LogP contribution < -0.4 is 20.7 Å². The van der Waals surface area contributed by atoms with Crippen LogP contribution in [0.4, 0.5) is 0 Å². The lowest BCUT2D eigenvalue weighted by Gasteiger charge is -2.26. The quantitative estimate of drug-likeness (QED) is 0.0743. The van der Waals surface area contributed by atoms with Crippen LogP contribution in [0, 0.1) is 0 Å². The highest BCUT2D eigenvalue weighted by molar-refractivity contribution is 6.38. The van der Waals surface area contributed by atoms with Crippen molar-refractivity contribution in [2.24, 2.45) is 0 Å². The molecule has 46 heavy (non-hydrogen) atoms. The molecule has 0 bridgehead atoms. The fourth-order valence-electron chi connectivity index (χ4n) is 5.36. The summed E-state index contributed by atoms with van der Waals surface area (Å²) in [5.41, 5.74) is 0.673. The van der Waals surface area contributed by atoms with E-state index in [-0.39, 0.29) is 38.3 Å². The summed E-state index contributed by atoms with van der Waals surface area (Å²) < 4.78 is 5.57. The van der Waals surface area contributed by atoms with Gasteiger partial charge < -0.3 is 35.8 Å². The third kappa shape index (κ3) is 14.6. The van der Waals surface area contributed by atoms with Gasteiger partial charge in [0.05, 0.1) is 25.6 Å². The normalized spacial score (nSPS) is 16.4. The highest BCUT2D eigenvalue weighted by atomic mass is 16.5. The van der Waals surface area contributed by atoms with Gasteiger partial charge in [-0.25, -0.2) is 0 Å². The maximum absolute atomic E-state index is 13.0. The number of ether oxygens (including phenoxy) is 1. The Morgan fingerprint density at radius 2 is 1.72 bits per heavy atom. The molecule has 2 fully saturated rings. The molecular formula is C34H52N4O8. The maximum atomic E-state index is 13.0. The summed E-state index contributed by atoms with van der Waals surface area (Å²) in [5.74, 6) is -2.33. The predicted molar refractivity (Wildman–Crippen MR) is 174 cm³/mol. The molecule has 2 unspecified atom stereocenters. The number of benzene rings is 1. The zero-order valence-corrected chi connectivity index (χ0v) is 27.1. The first-order valence-corrected chi connectivity index (χ1v) is 16.5. The third-order valence-electron chi connectivity index (χ3n) is 7.79. The molecule has 12 nitrogen and oxygen atoms in total. The molecule has 0 radical (unpaired) electrons. The fraction of sp³-hybridized carbons (Fsp3) is 0.618. The summed E-state index contributed by atoms with van der Waals surface area (Å²) >= 11 is 0. The molecule has 1 heterocycles. The lowest BCUT2D eigenvalue weighted by Crippen LogP contribution is -2.54. The van der Waals surface area contributed by atoms with Gasteiger partial charge in [0.15, 0.2) is 6.29 Å². The molecule has 1 aliphatic heterocycles. The molecule has 1 saturated carbocycles. The highest BCUT2D eigenvalue weighted by Crippen LogP contribution is 2.19. The molecular weight excluding hydrogens is 592 g/mol. The van der Waals surface area contributed by atoms with Crippen molar-refractivity contribution in [3.63, 3.8) is 0 Å². The fourth-order valence-corrected chi connectivity index (χ4v) is 5.36. The molecule has 1 aromatic rings. The first-order chi connectivity index (χ1) is 22.2. The molecule has 0 aromatic heterocycles. The molecule has 1 saturated heterocycles. The van der Waals surface area contributed by atoms with Gasteiger partial charge in [-0.15, -0.1) is 6.58 Å². The Labute approximate surface area is 272 Å². The number of carbonyl (C=O) groups excluding carboxylic acids is 5. The summed E-state index contributed by atoms with van der Waals surface area (Å²) in [7, 11) is 0. The Balaban J connectivity index is 0.00000109. The van der Waals surface area contributed by atoms with Gasteiger partial charge in [0.25, 0.3) is 5.91 Å². The van der Waals surface area contributed by atoms with E-state index in [0.717, 1.165) is 0 Å². The van der Waals surface area contributed by atoms with Crippen LogP contribution in [0.2, 0.25) is 0 Å². The molecule has 2 aliphatic rings. The largest absolute Gasteiger partial charge is 0.494 e. The lowest BCUT2D eigenvalue weighted by atomic mass is 10.0. The maximum Gasteiger partial charge on any atom is 0.289 e. The van der Waals surface area contributed by atoms with Crippen molar-refractivity contribution >= 4 is 29.4 Å². The Morgan fingerprint density at radius 3 is 2.35 bits per heavy atom. The number of aliphatic hydroxyl groups excluding tert-OH is 1. The van der Waals surface area contributed by atoms with Crippen LogP contribution in [-0.4, -0.2) is 89.1 Å². The number of aliphatic hydroxyl groups is 2. The standard InChI is InChI=1S/C28H40N4O8.C6H12/c1-3-8-21(26(37)28(39)29-13-4-2)31-27(38)22-11-6-14-32(22)24(34)18-30-23(33)17-19-9-5-10-20(16-19)40-15-7-12-25(35)36;1-2-4-6-5-3-1/h4-5,9-10,16,21-22,25,35-36H,2-3,6-8,11-15,17-18H2,1H3,(H,29,39)(H,30,33)(H,31,38);1-6H2. The number of nitrogens with one attached hydrogen (secondary N) is 3. The minimum atomic E-state index is -1.38. The van der Waals surface area contributed by atoms with Crippen molar-refractivity contribution in [3.8, 4) is 5.75 Å². The predicted octanol–water partition coefficient (Wildman–Crippen LogP) is 2.30. The first-order valence-electron chi connectivity index (χ1n) is 16.5. The van der Waals surface area contributed by atoms with Crippen LogP contribution in [0.5, 0.6) is 5.75 Å². The number of hydrogen-bond acceptors (Lipinski definition) is 8. The molecule has 3 rings (SSSR count). The van der Waals surface area contributed by atoms with Crippen LogP contribution in [0.15, 0.2) is 36.9 Å². The SMILES string of the molecule is C1CCCCC1.C=CCNC(=O)C(=O)C(CCC)NC(=O)C1CCCN1C(=O)CNC(=O)Cc1cccc(OCCCC(O)O)c1. The highest BCUT2D eigenvalue weighted by Gasteiger charge is 2.36. The van der Waals surface area contributed by atoms with E-state index < -0.39 is 41.9 Å². The minimum Gasteiger partial charge on any atom is -0.494 e. The van der Waals surface area contributed by atoms with E-state index >= 15 is 0 Å². The Morgan fingerprint density at radius 1 is 1.02 bits per heavy atom. The summed E-state index contributed by atoms with van der Waals surface area (Å²) in [6, 6.07) is 5.11. The third-order valence-corrected chi connectivity index (χ3v) is 7.79. The van der Waals surface area contributed by atoms with Gasteiger partial charge >= 0.3 is 0 Å². The van der Waals surface area contributed by atoms with Crippen LogP contribution in [0.3, 0.4) is 0 Å². The number of hydrogen-bond donors (Lipinski definition) is 5. The summed E-state index contributed by atoms with van der Waals surface area (Å²) in [5, 5.41) is 25.4. The van der Waals surface area contributed by atoms with Gasteiger partial charge in [-0.05, 0) is 43.4 Å². The Bertz CT molecular complexity index is 1130. The zero-order chi connectivity index (χ0) is 33.7. The van der Waals surface area contributed by atoms with Gasteiger partial charge in [-0.3, -0.25) is 24.0 Å². The number of amides is 4. The van der Waals surface area contributed by atoms with Crippen molar-refractivity contribution in [1.29, 1.82) is 0 Å². The van der Waals surface area contributed by atoms with Gasteiger partial charge in [-0.2, -0.15) is 0 Å². The number of Topliss-reactive ketones (excluding diaryl/α,β-unsaturated/α-hetero) is 1. The van der Waals surface area contributed by atoms with E-state index in [1.165, 1.54) is 49.5 Å². The molecule has 1 aromatic carbocycles. The van der Waals surface area contributed by atoms with E-state index in [9.17, 15) is 24.0 Å². The minimum absolute atomic E-state index is 0.0124. The van der Waals surface area contributed by atoms with Crippen molar-refractivity contribution in [2.45, 2.75) is 109 Å². The molecule has 2 atom stereocenters. The van der Waals surface area contributed by atoms with Crippen molar-refractivity contribution in [1.82, 2.24) is 20.9 Å². The second-order valence-corrected chi connectivity index (χ2v) is 11.7. The molecule has 12 heteroatoms. The van der Waals surface area contributed by atoms with Gasteiger partial charge in [0.1, 0.15) is 11.8 Å². The molecule has 0 spiro atoms. The molecule has 5 N–H and O–H groups in total. The number of likely N-dealkylation sites (tertiary alicyclic amines) is 1. The van der Waals surface area contributed by atoms with Gasteiger partial charge in [-0.1, -0.05) is 70.1 Å². The van der Waals surface area contributed by atoms with Crippen molar-refractivity contribution in [3.05, 3.63) is 42.5 Å². The summed E-state index contributed by atoms with van der Waals surface area (Å²) in [4.78, 5) is 64.4. The Hall–Kier alpha value is -3.77. The molecule has 4 amide bonds. The lowest BCUT2D eigenvalue weighted by molar-refractivity contribution is -0.142. The van der Waals surface area contributed by atoms with Gasteiger partial charge in [0, 0.05) is 19.5 Å². The zero-order valence-electron chi connectivity index (χ0n) is 27.1. The molecule has 256 valence electrons. The number of carbonyl (C=O) groups is 5. The number of nitrogens with zero attached hydrogens (tertiary/aromatic N) is 1. The van der Waals surface area contributed by atoms with Crippen LogP contribution in [0.1, 0.15) is 89.5 Å². The van der Waals surface area contributed by atoms with Crippen LogP contribution in [-0.2, 0) is 30.4 Å². The summed E-state index contributed by atoms with van der Waals surface area (Å²) in [6.45, 7) is 5.79. The summed E-state index contributed by atoms with van der Waals surface area (Å²) in [6.07, 6.45) is 11.6. The number of rotatable bonds is 17. The Kier molecular flexibility index (Phi) is 18.3. The van der Waals surface area contributed by atoms with E-state index in [1.54, 1.807) is 24.3 Å². The number of ketones is 1. The second kappa shape index (κ2) is 21.9. The molecule has 1 aliphatic carbocycles. The van der Waals surface area contributed by atoms with Crippen LogP contribution in [0.25, 0.3) is 0 Å². The first kappa shape index (κ1) is 38.4. The van der Waals surface area contributed by atoms with E-state index in [1.807, 2.05) is 6.92 Å².